The van der Waals surface area contributed by atoms with E-state index in [9.17, 15) is 4.39 Å². The summed E-state index contributed by atoms with van der Waals surface area (Å²) in [5, 5.41) is 0. The minimum Gasteiger partial charge on any atom is -0.301 e. The summed E-state index contributed by atoms with van der Waals surface area (Å²) in [6.45, 7) is 12.8. The van der Waals surface area contributed by atoms with Crippen LogP contribution in [-0.4, -0.2) is 30.7 Å². The van der Waals surface area contributed by atoms with Crippen LogP contribution in [0.3, 0.4) is 0 Å². The third-order valence-corrected chi connectivity index (χ3v) is 1.90. The van der Waals surface area contributed by atoms with Gasteiger partial charge in [-0.05, 0) is 25.9 Å². The van der Waals surface area contributed by atoms with Crippen LogP contribution in [0.15, 0.2) is 0 Å². The summed E-state index contributed by atoms with van der Waals surface area (Å²) in [5.41, 5.74) is 0. The number of halogens is 1. The second-order valence-electron chi connectivity index (χ2n) is 2.63. The molecule has 0 saturated carbocycles. The Balaban J connectivity index is 0. The van der Waals surface area contributed by atoms with Crippen molar-refractivity contribution in [3.63, 3.8) is 0 Å². The van der Waals surface area contributed by atoms with Crippen molar-refractivity contribution in [3.05, 3.63) is 0 Å². The molecule has 1 nitrogen and oxygen atoms in total. The Morgan fingerprint density at radius 3 is 2.08 bits per heavy atom. The molecule has 13 heavy (non-hydrogen) atoms. The van der Waals surface area contributed by atoms with E-state index >= 15 is 0 Å². The number of piperidine rings is 1. The van der Waals surface area contributed by atoms with E-state index in [-0.39, 0.29) is 0 Å². The second-order valence-corrected chi connectivity index (χ2v) is 2.63. The van der Waals surface area contributed by atoms with Crippen LogP contribution in [0, 0.1) is 0 Å². The van der Waals surface area contributed by atoms with Gasteiger partial charge in [0.05, 0.1) is 0 Å². The smallest absolute Gasteiger partial charge is 0.113 e. The van der Waals surface area contributed by atoms with Crippen LogP contribution in [-0.2, 0) is 0 Å². The maximum atomic E-state index is 12.6. The molecule has 0 aromatic rings. The van der Waals surface area contributed by atoms with Gasteiger partial charge < -0.3 is 4.90 Å². The highest BCUT2D eigenvalue weighted by Gasteiger charge is 2.16. The van der Waals surface area contributed by atoms with Crippen LogP contribution >= 0.6 is 0 Å². The lowest BCUT2D eigenvalue weighted by atomic mass is 10.1. The monoisotopic (exact) mass is 191 g/mol. The third-order valence-electron chi connectivity index (χ3n) is 1.90. The summed E-state index contributed by atoms with van der Waals surface area (Å²) >= 11 is 0. The zero-order valence-corrected chi connectivity index (χ0v) is 9.94. The molecule has 1 aliphatic heterocycles. The predicted molar refractivity (Wildman–Crippen MR) is 58.9 cm³/mol. The highest BCUT2D eigenvalue weighted by atomic mass is 19.1. The van der Waals surface area contributed by atoms with E-state index in [4.69, 9.17) is 0 Å². The first-order chi connectivity index (χ1) is 6.33. The predicted octanol–water partition coefficient (Wildman–Crippen LogP) is 3.49. The van der Waals surface area contributed by atoms with Crippen molar-refractivity contribution in [2.75, 3.05) is 19.6 Å². The largest absolute Gasteiger partial charge is 0.301 e. The van der Waals surface area contributed by atoms with Gasteiger partial charge in [0.15, 0.2) is 0 Å². The van der Waals surface area contributed by atoms with Gasteiger partial charge in [-0.2, -0.15) is 0 Å². The molecule has 82 valence electrons. The van der Waals surface area contributed by atoms with Crippen LogP contribution in [0.2, 0.25) is 0 Å². The minimum atomic E-state index is -0.557. The Morgan fingerprint density at radius 2 is 1.77 bits per heavy atom. The first-order valence-corrected chi connectivity index (χ1v) is 5.69. The summed E-state index contributed by atoms with van der Waals surface area (Å²) in [5.74, 6) is 0. The van der Waals surface area contributed by atoms with Crippen molar-refractivity contribution in [3.8, 4) is 0 Å². The minimum absolute atomic E-state index is 0.557. The molecule has 1 aliphatic rings. The first-order valence-electron chi connectivity index (χ1n) is 5.69. The quantitative estimate of drug-likeness (QED) is 0.613. The van der Waals surface area contributed by atoms with Gasteiger partial charge in [0, 0.05) is 6.54 Å². The molecule has 1 atom stereocenters. The number of hydrogen-bond donors (Lipinski definition) is 0. The molecule has 0 aromatic heterocycles. The summed E-state index contributed by atoms with van der Waals surface area (Å²) < 4.78 is 12.6. The van der Waals surface area contributed by atoms with Crippen LogP contribution in [0.25, 0.3) is 0 Å². The zero-order valence-electron chi connectivity index (χ0n) is 9.94. The lowest BCUT2D eigenvalue weighted by molar-refractivity contribution is 0.144. The number of hydrogen-bond acceptors (Lipinski definition) is 1. The molecule has 2 heteroatoms. The van der Waals surface area contributed by atoms with E-state index in [1.807, 2.05) is 27.7 Å². The molecular weight excluding hydrogens is 165 g/mol. The molecule has 1 unspecified atom stereocenters. The molecular formula is C11H26FN. The van der Waals surface area contributed by atoms with Crippen molar-refractivity contribution in [2.24, 2.45) is 0 Å². The number of rotatable bonds is 1. The second kappa shape index (κ2) is 11.9. The standard InChI is InChI=1S/C7H14FN.2C2H6/c1-2-9-5-3-4-7(8)6-9;2*1-2/h7H,2-6H2,1H3;2*1-2H3. The van der Waals surface area contributed by atoms with E-state index in [1.165, 1.54) is 0 Å². The van der Waals surface area contributed by atoms with E-state index in [1.54, 1.807) is 0 Å². The van der Waals surface area contributed by atoms with Gasteiger partial charge in [-0.15, -0.1) is 0 Å². The Morgan fingerprint density at radius 1 is 1.23 bits per heavy atom. The summed E-state index contributed by atoms with van der Waals surface area (Å²) in [6, 6.07) is 0. The lowest BCUT2D eigenvalue weighted by Crippen LogP contribution is -2.35. The van der Waals surface area contributed by atoms with Crippen molar-refractivity contribution >= 4 is 0 Å². The molecule has 1 heterocycles. The zero-order chi connectivity index (χ0) is 10.7. The molecule has 0 radical (unpaired) electrons. The van der Waals surface area contributed by atoms with Gasteiger partial charge in [-0.25, -0.2) is 4.39 Å². The maximum absolute atomic E-state index is 12.6. The fraction of sp³-hybridized carbons (Fsp3) is 1.00. The van der Waals surface area contributed by atoms with Gasteiger partial charge in [-0.3, -0.25) is 0 Å². The van der Waals surface area contributed by atoms with Gasteiger partial charge in [0.25, 0.3) is 0 Å². The molecule has 0 spiro atoms. The molecule has 0 aliphatic carbocycles. The van der Waals surface area contributed by atoms with Crippen molar-refractivity contribution in [1.29, 1.82) is 0 Å². The number of likely N-dealkylation sites (tertiary alicyclic amines) is 1. The fourth-order valence-electron chi connectivity index (χ4n) is 1.29. The van der Waals surface area contributed by atoms with E-state index < -0.39 is 6.17 Å². The number of nitrogens with zero attached hydrogens (tertiary/aromatic N) is 1. The summed E-state index contributed by atoms with van der Waals surface area (Å²) in [7, 11) is 0. The number of alkyl halides is 1. The Labute approximate surface area is 83.3 Å². The van der Waals surface area contributed by atoms with Crippen LogP contribution in [0.5, 0.6) is 0 Å². The summed E-state index contributed by atoms with van der Waals surface area (Å²) in [6.07, 6.45) is 1.25. The Kier molecular flexibility index (Phi) is 14.1. The molecule has 0 amide bonds. The van der Waals surface area contributed by atoms with Crippen LogP contribution in [0.1, 0.15) is 47.5 Å². The van der Waals surface area contributed by atoms with Crippen LogP contribution < -0.4 is 0 Å². The normalized spacial score (nSPS) is 22.2. The highest BCUT2D eigenvalue weighted by Crippen LogP contribution is 2.11. The van der Waals surface area contributed by atoms with Gasteiger partial charge in [0.1, 0.15) is 6.17 Å². The average molecular weight is 191 g/mol. The molecule has 1 saturated heterocycles. The van der Waals surface area contributed by atoms with Crippen LogP contribution in [0.4, 0.5) is 4.39 Å². The average Bonchev–Trinajstić information content (AvgIpc) is 2.24. The van der Waals surface area contributed by atoms with E-state index in [0.29, 0.717) is 6.54 Å². The lowest BCUT2D eigenvalue weighted by Gasteiger charge is -2.27. The molecule has 0 bridgehead atoms. The SMILES string of the molecule is CC.CC.CCN1CCCC(F)C1. The van der Waals surface area contributed by atoms with Gasteiger partial charge in [0.2, 0.25) is 0 Å². The van der Waals surface area contributed by atoms with Gasteiger partial charge in [-0.1, -0.05) is 34.6 Å². The van der Waals surface area contributed by atoms with Gasteiger partial charge >= 0.3 is 0 Å². The fourth-order valence-corrected chi connectivity index (χ4v) is 1.29. The van der Waals surface area contributed by atoms with Crippen molar-refractivity contribution in [2.45, 2.75) is 53.6 Å². The van der Waals surface area contributed by atoms with E-state index in [2.05, 4.69) is 11.8 Å². The maximum Gasteiger partial charge on any atom is 0.113 e. The van der Waals surface area contributed by atoms with Crippen molar-refractivity contribution in [1.82, 2.24) is 4.90 Å². The molecule has 1 fully saturated rings. The van der Waals surface area contributed by atoms with E-state index in [0.717, 1.165) is 25.9 Å². The van der Waals surface area contributed by atoms with Crippen molar-refractivity contribution < 1.29 is 4.39 Å². The molecule has 1 rings (SSSR count). The molecule has 0 N–H and O–H groups in total. The highest BCUT2D eigenvalue weighted by molar-refractivity contribution is 4.70. The third kappa shape index (κ3) is 8.23. The Bertz CT molecular complexity index is 86.2. The Hall–Kier alpha value is -0.110. The summed E-state index contributed by atoms with van der Waals surface area (Å²) in [4.78, 5) is 2.16. The first kappa shape index (κ1) is 15.4. The molecule has 0 aromatic carbocycles. The topological polar surface area (TPSA) is 3.24 Å².